The SMILES string of the molecule is Fc1cccc(F)c1CC(CBr)Cc1cccc(Cl)c1. The first-order chi connectivity index (χ1) is 9.60. The van der Waals surface area contributed by atoms with Crippen molar-refractivity contribution in [3.8, 4) is 0 Å². The maximum atomic E-state index is 13.7. The van der Waals surface area contributed by atoms with Gasteiger partial charge in [-0.2, -0.15) is 0 Å². The molecule has 0 amide bonds. The number of hydrogen-bond acceptors (Lipinski definition) is 0. The van der Waals surface area contributed by atoms with Crippen LogP contribution in [0.3, 0.4) is 0 Å². The lowest BCUT2D eigenvalue weighted by molar-refractivity contribution is 0.510. The molecule has 2 rings (SSSR count). The first-order valence-corrected chi connectivity index (χ1v) is 7.83. The molecule has 0 heterocycles. The van der Waals surface area contributed by atoms with Crippen LogP contribution < -0.4 is 0 Å². The van der Waals surface area contributed by atoms with Crippen LogP contribution in [-0.4, -0.2) is 5.33 Å². The average Bonchev–Trinajstić information content (AvgIpc) is 2.42. The Hall–Kier alpha value is -0.930. The van der Waals surface area contributed by atoms with Gasteiger partial charge >= 0.3 is 0 Å². The zero-order chi connectivity index (χ0) is 14.5. The van der Waals surface area contributed by atoms with Gasteiger partial charge in [-0.15, -0.1) is 0 Å². The van der Waals surface area contributed by atoms with Crippen molar-refractivity contribution < 1.29 is 8.78 Å². The Kier molecular flexibility index (Phi) is 5.55. The van der Waals surface area contributed by atoms with Crippen molar-refractivity contribution in [3.05, 3.63) is 70.2 Å². The van der Waals surface area contributed by atoms with Gasteiger partial charge in [-0.25, -0.2) is 8.78 Å². The predicted molar refractivity (Wildman–Crippen MR) is 82.5 cm³/mol. The summed E-state index contributed by atoms with van der Waals surface area (Å²) < 4.78 is 27.3. The Balaban J connectivity index is 2.13. The fourth-order valence-corrected chi connectivity index (χ4v) is 2.87. The molecule has 0 nitrogen and oxygen atoms in total. The molecule has 1 unspecified atom stereocenters. The Morgan fingerprint density at radius 1 is 1.00 bits per heavy atom. The van der Waals surface area contributed by atoms with E-state index in [1.807, 2.05) is 24.3 Å². The van der Waals surface area contributed by atoms with Gasteiger partial charge in [0, 0.05) is 15.9 Å². The van der Waals surface area contributed by atoms with Gasteiger partial charge < -0.3 is 0 Å². The molecule has 2 aromatic rings. The van der Waals surface area contributed by atoms with Crippen LogP contribution in [0.5, 0.6) is 0 Å². The molecule has 106 valence electrons. The smallest absolute Gasteiger partial charge is 0.129 e. The van der Waals surface area contributed by atoms with Gasteiger partial charge in [0.1, 0.15) is 11.6 Å². The lowest BCUT2D eigenvalue weighted by Crippen LogP contribution is -2.12. The van der Waals surface area contributed by atoms with E-state index in [-0.39, 0.29) is 11.5 Å². The fraction of sp³-hybridized carbons (Fsp3) is 0.250. The molecular formula is C16H14BrClF2. The Morgan fingerprint density at radius 3 is 2.25 bits per heavy atom. The summed E-state index contributed by atoms with van der Waals surface area (Å²) in [4.78, 5) is 0. The normalized spacial score (nSPS) is 12.4. The van der Waals surface area contributed by atoms with E-state index in [0.29, 0.717) is 16.8 Å². The maximum absolute atomic E-state index is 13.7. The van der Waals surface area contributed by atoms with Crippen molar-refractivity contribution >= 4 is 27.5 Å². The summed E-state index contributed by atoms with van der Waals surface area (Å²) >= 11 is 9.37. The van der Waals surface area contributed by atoms with Crippen LogP contribution in [0, 0.1) is 17.6 Å². The third-order valence-corrected chi connectivity index (χ3v) is 4.34. The second-order valence-electron chi connectivity index (χ2n) is 4.76. The van der Waals surface area contributed by atoms with E-state index in [4.69, 9.17) is 11.6 Å². The highest BCUT2D eigenvalue weighted by Crippen LogP contribution is 2.22. The van der Waals surface area contributed by atoms with Crippen molar-refractivity contribution in [1.82, 2.24) is 0 Å². The molecule has 0 N–H and O–H groups in total. The molecule has 0 aliphatic carbocycles. The molecule has 4 heteroatoms. The Bertz CT molecular complexity index is 566. The van der Waals surface area contributed by atoms with E-state index in [1.54, 1.807) is 0 Å². The highest BCUT2D eigenvalue weighted by atomic mass is 79.9. The van der Waals surface area contributed by atoms with E-state index in [1.165, 1.54) is 18.2 Å². The van der Waals surface area contributed by atoms with Crippen molar-refractivity contribution in [1.29, 1.82) is 0 Å². The second kappa shape index (κ2) is 7.19. The highest BCUT2D eigenvalue weighted by Gasteiger charge is 2.15. The van der Waals surface area contributed by atoms with E-state index in [9.17, 15) is 8.78 Å². The average molecular weight is 360 g/mol. The third-order valence-electron chi connectivity index (χ3n) is 3.19. The molecule has 1 atom stereocenters. The molecule has 2 aromatic carbocycles. The van der Waals surface area contributed by atoms with Crippen molar-refractivity contribution in [2.24, 2.45) is 5.92 Å². The second-order valence-corrected chi connectivity index (χ2v) is 5.84. The van der Waals surface area contributed by atoms with Gasteiger partial charge in [0.25, 0.3) is 0 Å². The molecule has 0 radical (unpaired) electrons. The summed E-state index contributed by atoms with van der Waals surface area (Å²) in [5.74, 6) is -0.857. The summed E-state index contributed by atoms with van der Waals surface area (Å²) in [6.45, 7) is 0. The highest BCUT2D eigenvalue weighted by molar-refractivity contribution is 9.09. The van der Waals surface area contributed by atoms with Gasteiger partial charge in [0.2, 0.25) is 0 Å². The predicted octanol–water partition coefficient (Wildman–Crippen LogP) is 5.41. The number of halogens is 4. The molecule has 0 aromatic heterocycles. The molecular weight excluding hydrogens is 346 g/mol. The minimum atomic E-state index is -0.484. The van der Waals surface area contributed by atoms with Crippen LogP contribution in [0.25, 0.3) is 0 Å². The topological polar surface area (TPSA) is 0 Å². The van der Waals surface area contributed by atoms with Crippen LogP contribution in [0.2, 0.25) is 5.02 Å². The van der Waals surface area contributed by atoms with Gasteiger partial charge in [0.05, 0.1) is 0 Å². The molecule has 0 fully saturated rings. The molecule has 0 saturated heterocycles. The molecule has 0 saturated carbocycles. The molecule has 20 heavy (non-hydrogen) atoms. The standard InChI is InChI=1S/C16H14BrClF2/c17-10-12(7-11-3-1-4-13(18)8-11)9-14-15(19)5-2-6-16(14)20/h1-6,8,12H,7,9-10H2. The zero-order valence-corrected chi connectivity index (χ0v) is 13.1. The van der Waals surface area contributed by atoms with Crippen LogP contribution in [0.1, 0.15) is 11.1 Å². The third kappa shape index (κ3) is 4.03. The van der Waals surface area contributed by atoms with E-state index in [0.717, 1.165) is 12.0 Å². The van der Waals surface area contributed by atoms with Gasteiger partial charge in [-0.1, -0.05) is 45.7 Å². The van der Waals surface area contributed by atoms with Crippen molar-refractivity contribution in [2.45, 2.75) is 12.8 Å². The van der Waals surface area contributed by atoms with Crippen molar-refractivity contribution in [2.75, 3.05) is 5.33 Å². The largest absolute Gasteiger partial charge is 0.207 e. The molecule has 0 aliphatic heterocycles. The van der Waals surface area contributed by atoms with E-state index < -0.39 is 11.6 Å². The number of benzene rings is 2. The van der Waals surface area contributed by atoms with Gasteiger partial charge in [-0.3, -0.25) is 0 Å². The van der Waals surface area contributed by atoms with Crippen LogP contribution in [0.4, 0.5) is 8.78 Å². The monoisotopic (exact) mass is 358 g/mol. The molecule has 0 bridgehead atoms. The number of hydrogen-bond donors (Lipinski definition) is 0. The summed E-state index contributed by atoms with van der Waals surface area (Å²) in [6, 6.07) is 11.5. The lowest BCUT2D eigenvalue weighted by Gasteiger charge is -2.15. The number of alkyl halides is 1. The Morgan fingerprint density at radius 2 is 1.65 bits per heavy atom. The lowest BCUT2D eigenvalue weighted by atomic mass is 9.94. The molecule has 0 spiro atoms. The van der Waals surface area contributed by atoms with Crippen molar-refractivity contribution in [3.63, 3.8) is 0 Å². The van der Waals surface area contributed by atoms with Gasteiger partial charge in [-0.05, 0) is 48.6 Å². The minimum absolute atomic E-state index is 0.111. The van der Waals surface area contributed by atoms with E-state index >= 15 is 0 Å². The van der Waals surface area contributed by atoms with Crippen LogP contribution in [-0.2, 0) is 12.8 Å². The van der Waals surface area contributed by atoms with Gasteiger partial charge in [0.15, 0.2) is 0 Å². The minimum Gasteiger partial charge on any atom is -0.207 e. The van der Waals surface area contributed by atoms with Crippen LogP contribution in [0.15, 0.2) is 42.5 Å². The number of rotatable bonds is 5. The summed E-state index contributed by atoms with van der Waals surface area (Å²) in [6.07, 6.45) is 1.08. The van der Waals surface area contributed by atoms with Crippen LogP contribution >= 0.6 is 27.5 Å². The summed E-state index contributed by atoms with van der Waals surface area (Å²) in [5, 5.41) is 1.35. The summed E-state index contributed by atoms with van der Waals surface area (Å²) in [5.41, 5.74) is 1.22. The van der Waals surface area contributed by atoms with E-state index in [2.05, 4.69) is 15.9 Å². The molecule has 0 aliphatic rings. The fourth-order valence-electron chi connectivity index (χ4n) is 2.19. The Labute approximate surface area is 130 Å². The first kappa shape index (κ1) is 15.5. The summed E-state index contributed by atoms with van der Waals surface area (Å²) in [7, 11) is 0. The zero-order valence-electron chi connectivity index (χ0n) is 10.8. The quantitative estimate of drug-likeness (QED) is 0.626. The maximum Gasteiger partial charge on any atom is 0.129 e. The first-order valence-electron chi connectivity index (χ1n) is 6.33.